The van der Waals surface area contributed by atoms with Crippen molar-refractivity contribution >= 4 is 0 Å². The number of aryl methyl sites for hydroxylation is 3. The molecule has 0 spiro atoms. The molecular formula is C10H13N3O. The van der Waals surface area contributed by atoms with Crippen LogP contribution in [0.15, 0.2) is 17.0 Å². The van der Waals surface area contributed by atoms with Crippen LogP contribution in [0.5, 0.6) is 0 Å². The minimum absolute atomic E-state index is 0.855. The maximum absolute atomic E-state index is 4.93. The molecule has 0 saturated carbocycles. The van der Waals surface area contributed by atoms with Gasteiger partial charge in [0, 0.05) is 6.54 Å². The van der Waals surface area contributed by atoms with Crippen LogP contribution in [0.2, 0.25) is 0 Å². The molecule has 4 heteroatoms. The quantitative estimate of drug-likeness (QED) is 0.730. The molecule has 0 aromatic carbocycles. The highest BCUT2D eigenvalue weighted by molar-refractivity contribution is 5.63. The van der Waals surface area contributed by atoms with E-state index in [1.165, 1.54) is 0 Å². The van der Waals surface area contributed by atoms with E-state index in [0.29, 0.717) is 0 Å². The lowest BCUT2D eigenvalue weighted by molar-refractivity contribution is 0.415. The van der Waals surface area contributed by atoms with E-state index in [0.717, 1.165) is 29.1 Å². The zero-order valence-electron chi connectivity index (χ0n) is 8.61. The van der Waals surface area contributed by atoms with Gasteiger partial charge in [0.05, 0.1) is 23.1 Å². The van der Waals surface area contributed by atoms with Crippen molar-refractivity contribution in [1.82, 2.24) is 14.9 Å². The summed E-state index contributed by atoms with van der Waals surface area (Å²) >= 11 is 0. The van der Waals surface area contributed by atoms with E-state index in [-0.39, 0.29) is 0 Å². The number of nitrogens with zero attached hydrogens (tertiary/aromatic N) is 3. The summed E-state index contributed by atoms with van der Waals surface area (Å²) in [7, 11) is 0. The van der Waals surface area contributed by atoms with Crippen molar-refractivity contribution in [3.8, 4) is 11.3 Å². The molecule has 0 aliphatic rings. The predicted molar refractivity (Wildman–Crippen MR) is 52.9 cm³/mol. The van der Waals surface area contributed by atoms with Gasteiger partial charge in [-0.2, -0.15) is 5.10 Å². The Balaban J connectivity index is 2.60. The first-order chi connectivity index (χ1) is 6.74. The van der Waals surface area contributed by atoms with E-state index in [4.69, 9.17) is 4.52 Å². The topological polar surface area (TPSA) is 43.9 Å². The van der Waals surface area contributed by atoms with Crippen LogP contribution in [-0.2, 0) is 6.54 Å². The molecule has 0 N–H and O–H groups in total. The Morgan fingerprint density at radius 3 is 2.79 bits per heavy atom. The van der Waals surface area contributed by atoms with Crippen molar-refractivity contribution < 1.29 is 4.52 Å². The van der Waals surface area contributed by atoms with Crippen LogP contribution in [0.3, 0.4) is 0 Å². The Hall–Kier alpha value is -1.58. The number of aromatic nitrogens is 3. The second-order valence-corrected chi connectivity index (χ2v) is 3.31. The Morgan fingerprint density at radius 1 is 1.43 bits per heavy atom. The molecule has 2 aromatic rings. The Morgan fingerprint density at radius 2 is 2.21 bits per heavy atom. The summed E-state index contributed by atoms with van der Waals surface area (Å²) in [5.74, 6) is 0. The van der Waals surface area contributed by atoms with Crippen LogP contribution < -0.4 is 0 Å². The molecule has 14 heavy (non-hydrogen) atoms. The smallest absolute Gasteiger partial charge is 0.133 e. The van der Waals surface area contributed by atoms with Gasteiger partial charge in [0.1, 0.15) is 6.26 Å². The van der Waals surface area contributed by atoms with Crippen LogP contribution in [0, 0.1) is 13.8 Å². The lowest BCUT2D eigenvalue weighted by atomic mass is 10.1. The number of hydrogen-bond donors (Lipinski definition) is 0. The van der Waals surface area contributed by atoms with Crippen molar-refractivity contribution in [2.24, 2.45) is 0 Å². The van der Waals surface area contributed by atoms with Gasteiger partial charge in [0.2, 0.25) is 0 Å². The predicted octanol–water partition coefficient (Wildman–Crippen LogP) is 2.17. The molecule has 0 saturated heterocycles. The molecule has 0 unspecified atom stereocenters. The van der Waals surface area contributed by atoms with Gasteiger partial charge < -0.3 is 4.52 Å². The van der Waals surface area contributed by atoms with Gasteiger partial charge in [-0.3, -0.25) is 4.68 Å². The molecule has 74 valence electrons. The highest BCUT2D eigenvalue weighted by atomic mass is 16.5. The van der Waals surface area contributed by atoms with Gasteiger partial charge in [0.15, 0.2) is 0 Å². The zero-order chi connectivity index (χ0) is 10.1. The first-order valence-electron chi connectivity index (χ1n) is 4.67. The third-order valence-corrected chi connectivity index (χ3v) is 2.33. The normalized spacial score (nSPS) is 10.8. The fourth-order valence-electron chi connectivity index (χ4n) is 1.59. The first-order valence-corrected chi connectivity index (χ1v) is 4.67. The number of rotatable bonds is 2. The largest absolute Gasteiger partial charge is 0.364 e. The molecule has 0 bridgehead atoms. The van der Waals surface area contributed by atoms with E-state index >= 15 is 0 Å². The lowest BCUT2D eigenvalue weighted by Gasteiger charge is -2.03. The minimum atomic E-state index is 0.855. The zero-order valence-corrected chi connectivity index (χ0v) is 8.61. The third kappa shape index (κ3) is 1.23. The first kappa shape index (κ1) is 8.99. The summed E-state index contributed by atoms with van der Waals surface area (Å²) in [6, 6.07) is 0. The molecule has 0 atom stereocenters. The summed E-state index contributed by atoms with van der Waals surface area (Å²) in [5.41, 5.74) is 4.19. The molecule has 2 heterocycles. The van der Waals surface area contributed by atoms with E-state index < -0.39 is 0 Å². The van der Waals surface area contributed by atoms with E-state index in [2.05, 4.69) is 17.2 Å². The van der Waals surface area contributed by atoms with Gasteiger partial charge in [0.25, 0.3) is 0 Å². The summed E-state index contributed by atoms with van der Waals surface area (Å²) < 4.78 is 6.89. The van der Waals surface area contributed by atoms with E-state index in [9.17, 15) is 0 Å². The molecular weight excluding hydrogens is 178 g/mol. The average molecular weight is 191 g/mol. The molecule has 0 radical (unpaired) electrons. The maximum Gasteiger partial charge on any atom is 0.133 e. The fourth-order valence-corrected chi connectivity index (χ4v) is 1.59. The second kappa shape index (κ2) is 3.29. The average Bonchev–Trinajstić information content (AvgIpc) is 2.72. The van der Waals surface area contributed by atoms with Crippen molar-refractivity contribution in [2.75, 3.05) is 0 Å². The van der Waals surface area contributed by atoms with E-state index in [1.807, 2.05) is 24.7 Å². The highest BCUT2D eigenvalue weighted by Gasteiger charge is 2.13. The molecule has 0 aliphatic carbocycles. The summed E-state index contributed by atoms with van der Waals surface area (Å²) in [4.78, 5) is 0. The highest BCUT2D eigenvalue weighted by Crippen LogP contribution is 2.25. The van der Waals surface area contributed by atoms with Gasteiger partial charge in [-0.05, 0) is 26.3 Å². The molecule has 2 aromatic heterocycles. The molecule has 2 rings (SSSR count). The summed E-state index contributed by atoms with van der Waals surface area (Å²) in [6.45, 7) is 6.90. The van der Waals surface area contributed by atoms with Crippen molar-refractivity contribution in [1.29, 1.82) is 0 Å². The van der Waals surface area contributed by atoms with Crippen LogP contribution in [-0.4, -0.2) is 14.9 Å². The monoisotopic (exact) mass is 191 g/mol. The Kier molecular flexibility index (Phi) is 2.11. The molecule has 4 nitrogen and oxygen atoms in total. The minimum Gasteiger partial charge on any atom is -0.364 e. The summed E-state index contributed by atoms with van der Waals surface area (Å²) in [6.07, 6.45) is 3.54. The number of hydrogen-bond acceptors (Lipinski definition) is 3. The SMILES string of the molecule is CCn1ncc(C)c1-c1conc1C. The maximum atomic E-state index is 4.93. The van der Waals surface area contributed by atoms with Crippen molar-refractivity contribution in [2.45, 2.75) is 27.3 Å². The van der Waals surface area contributed by atoms with Crippen molar-refractivity contribution in [3.05, 3.63) is 23.7 Å². The Labute approximate surface area is 82.5 Å². The fraction of sp³-hybridized carbons (Fsp3) is 0.400. The Bertz CT molecular complexity index is 442. The van der Waals surface area contributed by atoms with Crippen molar-refractivity contribution in [3.63, 3.8) is 0 Å². The van der Waals surface area contributed by atoms with Crippen LogP contribution >= 0.6 is 0 Å². The standard InChI is InChI=1S/C10H13N3O/c1-4-13-10(7(2)5-11-13)9-6-14-12-8(9)3/h5-6H,4H2,1-3H3. The molecule has 0 aliphatic heterocycles. The molecule has 0 amide bonds. The van der Waals surface area contributed by atoms with Crippen LogP contribution in [0.1, 0.15) is 18.2 Å². The van der Waals surface area contributed by atoms with Crippen LogP contribution in [0.25, 0.3) is 11.3 Å². The van der Waals surface area contributed by atoms with Gasteiger partial charge in [-0.25, -0.2) is 0 Å². The van der Waals surface area contributed by atoms with Gasteiger partial charge >= 0.3 is 0 Å². The van der Waals surface area contributed by atoms with Crippen LogP contribution in [0.4, 0.5) is 0 Å². The van der Waals surface area contributed by atoms with Gasteiger partial charge in [-0.15, -0.1) is 0 Å². The second-order valence-electron chi connectivity index (χ2n) is 3.31. The summed E-state index contributed by atoms with van der Waals surface area (Å²) in [5, 5.41) is 8.15. The van der Waals surface area contributed by atoms with E-state index in [1.54, 1.807) is 6.26 Å². The molecule has 0 fully saturated rings. The third-order valence-electron chi connectivity index (χ3n) is 2.33. The lowest BCUT2D eigenvalue weighted by Crippen LogP contribution is -1.99. The van der Waals surface area contributed by atoms with Gasteiger partial charge in [-0.1, -0.05) is 5.16 Å².